The number of aromatic nitrogens is 4. The summed E-state index contributed by atoms with van der Waals surface area (Å²) in [6, 6.07) is 6.38. The van der Waals surface area contributed by atoms with E-state index in [1.54, 1.807) is 6.33 Å². The van der Waals surface area contributed by atoms with Crippen LogP contribution >= 0.6 is 11.7 Å². The summed E-state index contributed by atoms with van der Waals surface area (Å²) in [5.74, 6) is 0.965. The van der Waals surface area contributed by atoms with E-state index in [9.17, 15) is 4.79 Å². The lowest BCUT2D eigenvalue weighted by atomic mass is 10.1. The smallest absolute Gasteiger partial charge is 0.261 e. The van der Waals surface area contributed by atoms with E-state index >= 15 is 0 Å². The second kappa shape index (κ2) is 6.92. The minimum atomic E-state index is 0.0966. The van der Waals surface area contributed by atoms with Crippen molar-refractivity contribution in [1.29, 1.82) is 0 Å². The summed E-state index contributed by atoms with van der Waals surface area (Å²) in [7, 11) is 0. The third kappa shape index (κ3) is 3.07. The molecule has 1 aliphatic heterocycles. The highest BCUT2D eigenvalue weighted by Gasteiger charge is 2.21. The second-order valence-electron chi connectivity index (χ2n) is 7.34. The number of benzene rings is 1. The van der Waals surface area contributed by atoms with Gasteiger partial charge in [-0.15, -0.1) is 0 Å². The Balaban J connectivity index is 1.37. The molecule has 5 rings (SSSR count). The molecular weight excluding hydrogens is 360 g/mol. The van der Waals surface area contributed by atoms with E-state index in [1.165, 1.54) is 24.6 Å². The Hall–Kier alpha value is -2.48. The van der Waals surface area contributed by atoms with Crippen LogP contribution < -0.4 is 15.4 Å². The van der Waals surface area contributed by atoms with Gasteiger partial charge in [-0.1, -0.05) is 12.8 Å². The van der Waals surface area contributed by atoms with E-state index in [1.807, 2.05) is 16.8 Å². The van der Waals surface area contributed by atoms with Crippen molar-refractivity contribution in [1.82, 2.24) is 18.3 Å². The van der Waals surface area contributed by atoms with E-state index in [-0.39, 0.29) is 5.56 Å². The molecule has 27 heavy (non-hydrogen) atoms. The molecule has 140 valence electrons. The Morgan fingerprint density at radius 1 is 1.04 bits per heavy atom. The minimum Gasteiger partial charge on any atom is -0.368 e. The summed E-state index contributed by atoms with van der Waals surface area (Å²) >= 11 is 1.25. The molecule has 1 aromatic carbocycles. The Labute approximate surface area is 161 Å². The zero-order valence-corrected chi connectivity index (χ0v) is 15.9. The number of anilines is 2. The van der Waals surface area contributed by atoms with Crippen molar-refractivity contribution in [3.63, 3.8) is 0 Å². The molecule has 0 atom stereocenters. The summed E-state index contributed by atoms with van der Waals surface area (Å²) in [6.45, 7) is 3.67. The molecule has 7 nitrogen and oxygen atoms in total. The van der Waals surface area contributed by atoms with E-state index in [0.717, 1.165) is 61.4 Å². The van der Waals surface area contributed by atoms with Crippen LogP contribution in [-0.2, 0) is 0 Å². The molecule has 2 aliphatic rings. The van der Waals surface area contributed by atoms with Crippen LogP contribution in [0.15, 0.2) is 35.5 Å². The molecule has 0 unspecified atom stereocenters. The zero-order valence-electron chi connectivity index (χ0n) is 15.1. The Bertz CT molecular complexity index is 987. The van der Waals surface area contributed by atoms with Crippen LogP contribution in [0.4, 0.5) is 11.5 Å². The van der Waals surface area contributed by atoms with E-state index in [2.05, 4.69) is 35.7 Å². The molecule has 2 fully saturated rings. The van der Waals surface area contributed by atoms with Crippen molar-refractivity contribution >= 4 is 34.1 Å². The fraction of sp³-hybridized carbons (Fsp3) is 0.474. The average molecular weight is 382 g/mol. The number of fused-ring (bicyclic) bond motifs is 1. The van der Waals surface area contributed by atoms with E-state index in [4.69, 9.17) is 0 Å². The van der Waals surface area contributed by atoms with Gasteiger partial charge in [0.05, 0.1) is 35.2 Å². The predicted molar refractivity (Wildman–Crippen MR) is 108 cm³/mol. The van der Waals surface area contributed by atoms with Crippen LogP contribution in [0, 0.1) is 0 Å². The fourth-order valence-electron chi connectivity index (χ4n) is 4.26. The molecule has 2 aromatic heterocycles. The van der Waals surface area contributed by atoms with Gasteiger partial charge >= 0.3 is 0 Å². The molecule has 8 heteroatoms. The molecule has 0 radical (unpaired) electrons. The quantitative estimate of drug-likeness (QED) is 0.694. The first-order valence-electron chi connectivity index (χ1n) is 9.58. The molecule has 0 amide bonds. The van der Waals surface area contributed by atoms with Crippen molar-refractivity contribution < 1.29 is 0 Å². The summed E-state index contributed by atoms with van der Waals surface area (Å²) in [5.41, 5.74) is 2.02. The van der Waals surface area contributed by atoms with Gasteiger partial charge < -0.3 is 9.80 Å². The predicted octanol–water partition coefficient (Wildman–Crippen LogP) is 2.69. The lowest BCUT2D eigenvalue weighted by molar-refractivity contribution is 0.499. The number of rotatable bonds is 3. The molecular formula is C19H22N6OS. The first-order chi connectivity index (χ1) is 13.3. The number of nitrogens with zero attached hydrogens (tertiary/aromatic N) is 6. The molecule has 3 heterocycles. The first-order valence-corrected chi connectivity index (χ1v) is 10.3. The molecule has 0 N–H and O–H groups in total. The van der Waals surface area contributed by atoms with Gasteiger partial charge in [0, 0.05) is 37.9 Å². The topological polar surface area (TPSA) is 67.2 Å². The standard InChI is InChI=1S/C19H22N6OS/c26-19-16-6-5-15(11-17(16)20-13-25(19)14-3-1-2-4-14)23-7-9-24(10-8-23)18-12-21-27-22-18/h5-6,11-14H,1-4,7-10H2. The third-order valence-corrected chi connectivity index (χ3v) is 6.27. The summed E-state index contributed by atoms with van der Waals surface area (Å²) in [5, 5.41) is 0.723. The molecule has 0 spiro atoms. The summed E-state index contributed by atoms with van der Waals surface area (Å²) in [6.07, 6.45) is 8.16. The summed E-state index contributed by atoms with van der Waals surface area (Å²) < 4.78 is 10.3. The monoisotopic (exact) mass is 382 g/mol. The van der Waals surface area contributed by atoms with Crippen molar-refractivity contribution in [2.45, 2.75) is 31.7 Å². The lowest BCUT2D eigenvalue weighted by Gasteiger charge is -2.36. The normalized spacial score (nSPS) is 18.5. The van der Waals surface area contributed by atoms with Gasteiger partial charge in [-0.25, -0.2) is 4.98 Å². The number of hydrogen-bond acceptors (Lipinski definition) is 7. The van der Waals surface area contributed by atoms with E-state index < -0.39 is 0 Å². The van der Waals surface area contributed by atoms with Gasteiger partial charge in [0.1, 0.15) is 0 Å². The van der Waals surface area contributed by atoms with Crippen LogP contribution in [-0.4, -0.2) is 44.5 Å². The minimum absolute atomic E-state index is 0.0966. The van der Waals surface area contributed by atoms with Crippen LogP contribution in [0.1, 0.15) is 31.7 Å². The molecule has 1 saturated carbocycles. The molecule has 1 saturated heterocycles. The van der Waals surface area contributed by atoms with Crippen molar-refractivity contribution in [2.75, 3.05) is 36.0 Å². The highest BCUT2D eigenvalue weighted by molar-refractivity contribution is 6.99. The summed E-state index contributed by atoms with van der Waals surface area (Å²) in [4.78, 5) is 22.1. The highest BCUT2D eigenvalue weighted by atomic mass is 32.1. The van der Waals surface area contributed by atoms with Crippen molar-refractivity contribution in [2.24, 2.45) is 0 Å². The SMILES string of the molecule is O=c1c2ccc(N3CCN(c4cnsn4)CC3)cc2ncn1C1CCCC1. The highest BCUT2D eigenvalue weighted by Crippen LogP contribution is 2.29. The molecule has 1 aliphatic carbocycles. The van der Waals surface area contributed by atoms with Crippen LogP contribution in [0.5, 0.6) is 0 Å². The molecule has 3 aromatic rings. The Morgan fingerprint density at radius 2 is 1.81 bits per heavy atom. The zero-order chi connectivity index (χ0) is 18.2. The first kappa shape index (κ1) is 16.7. The van der Waals surface area contributed by atoms with Gasteiger partial charge in [0.25, 0.3) is 5.56 Å². The largest absolute Gasteiger partial charge is 0.368 e. The van der Waals surface area contributed by atoms with Gasteiger partial charge in [0.15, 0.2) is 5.82 Å². The number of hydrogen-bond donors (Lipinski definition) is 0. The molecule has 0 bridgehead atoms. The van der Waals surface area contributed by atoms with Gasteiger partial charge in [-0.2, -0.15) is 8.75 Å². The van der Waals surface area contributed by atoms with Gasteiger partial charge in [-0.05, 0) is 31.0 Å². The van der Waals surface area contributed by atoms with Crippen LogP contribution in [0.3, 0.4) is 0 Å². The maximum Gasteiger partial charge on any atom is 0.261 e. The van der Waals surface area contributed by atoms with Crippen LogP contribution in [0.25, 0.3) is 10.9 Å². The Morgan fingerprint density at radius 3 is 2.56 bits per heavy atom. The third-order valence-electron chi connectivity index (χ3n) is 5.80. The van der Waals surface area contributed by atoms with Crippen molar-refractivity contribution in [3.8, 4) is 0 Å². The maximum atomic E-state index is 12.9. The Kier molecular flexibility index (Phi) is 4.27. The van der Waals surface area contributed by atoms with Crippen molar-refractivity contribution in [3.05, 3.63) is 41.1 Å². The number of piperazine rings is 1. The fourth-order valence-corrected chi connectivity index (χ4v) is 4.69. The second-order valence-corrected chi connectivity index (χ2v) is 7.89. The van der Waals surface area contributed by atoms with Gasteiger partial charge in [-0.3, -0.25) is 9.36 Å². The van der Waals surface area contributed by atoms with Gasteiger partial charge in [0.2, 0.25) is 0 Å². The maximum absolute atomic E-state index is 12.9. The average Bonchev–Trinajstić information content (AvgIpc) is 3.42. The lowest BCUT2D eigenvalue weighted by Crippen LogP contribution is -2.46. The van der Waals surface area contributed by atoms with Crippen LogP contribution in [0.2, 0.25) is 0 Å². The van der Waals surface area contributed by atoms with E-state index in [0.29, 0.717) is 6.04 Å².